The molecule has 0 aliphatic carbocycles. The molecule has 0 amide bonds. The van der Waals surface area contributed by atoms with Gasteiger partial charge < -0.3 is 4.42 Å². The van der Waals surface area contributed by atoms with Gasteiger partial charge in [0.2, 0.25) is 5.71 Å². The van der Waals surface area contributed by atoms with Crippen LogP contribution < -0.4 is 0 Å². The maximum Gasteiger partial charge on any atom is 0.226 e. The van der Waals surface area contributed by atoms with Crippen molar-refractivity contribution in [3.8, 4) is 11.3 Å². The second-order valence-electron chi connectivity index (χ2n) is 6.35. The van der Waals surface area contributed by atoms with Crippen LogP contribution in [0.25, 0.3) is 22.4 Å². The van der Waals surface area contributed by atoms with Gasteiger partial charge in [0.1, 0.15) is 0 Å². The average molecular weight is 265 g/mol. The van der Waals surface area contributed by atoms with Crippen LogP contribution in [-0.4, -0.2) is 4.98 Å². The first kappa shape index (κ1) is 12.9. The van der Waals surface area contributed by atoms with Gasteiger partial charge >= 0.3 is 0 Å². The molecule has 0 N–H and O–H groups in total. The normalized spacial score (nSPS) is 12.0. The Morgan fingerprint density at radius 1 is 1.00 bits per heavy atom. The Morgan fingerprint density at radius 3 is 2.55 bits per heavy atom. The Hall–Kier alpha value is -2.09. The Balaban J connectivity index is 2.15. The molecule has 2 heterocycles. The fourth-order valence-corrected chi connectivity index (χ4v) is 2.37. The zero-order valence-electron chi connectivity index (χ0n) is 12.4. The SMILES string of the molecule is Cc1cc(-c2ccc3ccoc3n2)cc(C(C)(C)C)c1. The van der Waals surface area contributed by atoms with Crippen molar-refractivity contribution >= 4 is 11.1 Å². The maximum atomic E-state index is 5.40. The van der Waals surface area contributed by atoms with E-state index >= 15 is 0 Å². The smallest absolute Gasteiger partial charge is 0.226 e. The number of benzene rings is 1. The number of pyridine rings is 1. The minimum Gasteiger partial charge on any atom is -0.446 e. The van der Waals surface area contributed by atoms with Gasteiger partial charge in [0.15, 0.2) is 0 Å². The standard InChI is InChI=1S/C18H19NO/c1-12-9-14(11-15(10-12)18(2,3)4)16-6-5-13-7-8-20-17(13)19-16/h5-11H,1-4H3. The minimum atomic E-state index is 0.134. The van der Waals surface area contributed by atoms with E-state index in [2.05, 4.69) is 63.0 Å². The fraction of sp³-hybridized carbons (Fsp3) is 0.278. The van der Waals surface area contributed by atoms with E-state index in [9.17, 15) is 0 Å². The van der Waals surface area contributed by atoms with Gasteiger partial charge in [-0.25, -0.2) is 4.98 Å². The monoisotopic (exact) mass is 265 g/mol. The van der Waals surface area contributed by atoms with Crippen LogP contribution in [0.5, 0.6) is 0 Å². The molecule has 20 heavy (non-hydrogen) atoms. The first-order valence-corrected chi connectivity index (χ1v) is 6.90. The zero-order valence-corrected chi connectivity index (χ0v) is 12.4. The lowest BCUT2D eigenvalue weighted by atomic mass is 9.85. The number of rotatable bonds is 1. The molecule has 3 aromatic rings. The molecule has 2 aromatic heterocycles. The molecule has 0 fully saturated rings. The Bertz CT molecular complexity index is 762. The van der Waals surface area contributed by atoms with Crippen molar-refractivity contribution in [2.75, 3.05) is 0 Å². The van der Waals surface area contributed by atoms with Crippen molar-refractivity contribution in [1.82, 2.24) is 4.98 Å². The van der Waals surface area contributed by atoms with Gasteiger partial charge in [0.05, 0.1) is 12.0 Å². The fourth-order valence-electron chi connectivity index (χ4n) is 2.37. The van der Waals surface area contributed by atoms with Crippen LogP contribution in [0.3, 0.4) is 0 Å². The Morgan fingerprint density at radius 2 is 1.80 bits per heavy atom. The number of nitrogens with zero attached hydrogens (tertiary/aromatic N) is 1. The molecule has 0 aliphatic heterocycles. The van der Waals surface area contributed by atoms with Gasteiger partial charge in [-0.1, -0.05) is 32.4 Å². The molecule has 3 rings (SSSR count). The molecule has 0 unspecified atom stereocenters. The van der Waals surface area contributed by atoms with Gasteiger partial charge in [-0.05, 0) is 48.2 Å². The molecule has 0 spiro atoms. The predicted molar refractivity (Wildman–Crippen MR) is 82.9 cm³/mol. The molecule has 0 saturated heterocycles. The highest BCUT2D eigenvalue weighted by Crippen LogP contribution is 2.29. The molecule has 1 aromatic carbocycles. The summed E-state index contributed by atoms with van der Waals surface area (Å²) in [6.07, 6.45) is 1.68. The molecular formula is C18H19NO. The highest BCUT2D eigenvalue weighted by molar-refractivity contribution is 5.77. The third-order valence-electron chi connectivity index (χ3n) is 3.56. The Labute approximate surface area is 119 Å². The molecule has 0 aliphatic rings. The predicted octanol–water partition coefficient (Wildman–Crippen LogP) is 5.10. The molecule has 2 nitrogen and oxygen atoms in total. The van der Waals surface area contributed by atoms with Gasteiger partial charge in [0, 0.05) is 10.9 Å². The van der Waals surface area contributed by atoms with Crippen LogP contribution in [-0.2, 0) is 5.41 Å². The summed E-state index contributed by atoms with van der Waals surface area (Å²) < 4.78 is 5.40. The van der Waals surface area contributed by atoms with Crippen molar-refractivity contribution in [1.29, 1.82) is 0 Å². The van der Waals surface area contributed by atoms with Gasteiger partial charge in [0.25, 0.3) is 0 Å². The average Bonchev–Trinajstić information content (AvgIpc) is 2.84. The minimum absolute atomic E-state index is 0.134. The number of hydrogen-bond donors (Lipinski definition) is 0. The van der Waals surface area contributed by atoms with Crippen molar-refractivity contribution in [2.45, 2.75) is 33.1 Å². The number of hydrogen-bond acceptors (Lipinski definition) is 2. The van der Waals surface area contributed by atoms with Crippen molar-refractivity contribution < 1.29 is 4.42 Å². The molecular weight excluding hydrogens is 246 g/mol. The van der Waals surface area contributed by atoms with E-state index in [4.69, 9.17) is 4.42 Å². The summed E-state index contributed by atoms with van der Waals surface area (Å²) >= 11 is 0. The van der Waals surface area contributed by atoms with Crippen LogP contribution in [0.2, 0.25) is 0 Å². The highest BCUT2D eigenvalue weighted by atomic mass is 16.3. The summed E-state index contributed by atoms with van der Waals surface area (Å²) in [4.78, 5) is 4.60. The quantitative estimate of drug-likeness (QED) is 0.611. The lowest BCUT2D eigenvalue weighted by Gasteiger charge is -2.20. The summed E-state index contributed by atoms with van der Waals surface area (Å²) in [6, 6.07) is 12.7. The first-order chi connectivity index (χ1) is 9.43. The zero-order chi connectivity index (χ0) is 14.3. The summed E-state index contributed by atoms with van der Waals surface area (Å²) in [5.74, 6) is 0. The van der Waals surface area contributed by atoms with Crippen molar-refractivity contribution in [3.05, 3.63) is 53.8 Å². The lowest BCUT2D eigenvalue weighted by molar-refractivity contribution is 0.590. The number of furan rings is 1. The maximum absolute atomic E-state index is 5.40. The molecule has 0 saturated carbocycles. The van der Waals surface area contributed by atoms with Crippen LogP contribution in [0.1, 0.15) is 31.9 Å². The molecule has 2 heteroatoms. The van der Waals surface area contributed by atoms with E-state index < -0.39 is 0 Å². The number of aromatic nitrogens is 1. The van der Waals surface area contributed by atoms with Gasteiger partial charge in [-0.3, -0.25) is 0 Å². The van der Waals surface area contributed by atoms with E-state index in [1.807, 2.05) is 6.07 Å². The highest BCUT2D eigenvalue weighted by Gasteiger charge is 2.15. The summed E-state index contributed by atoms with van der Waals surface area (Å²) in [5, 5.41) is 1.04. The van der Waals surface area contributed by atoms with Crippen molar-refractivity contribution in [3.63, 3.8) is 0 Å². The second-order valence-corrected chi connectivity index (χ2v) is 6.35. The van der Waals surface area contributed by atoms with E-state index in [0.29, 0.717) is 5.71 Å². The molecule has 0 radical (unpaired) electrons. The van der Waals surface area contributed by atoms with E-state index in [-0.39, 0.29) is 5.41 Å². The van der Waals surface area contributed by atoms with Crippen LogP contribution >= 0.6 is 0 Å². The van der Waals surface area contributed by atoms with E-state index in [1.165, 1.54) is 11.1 Å². The second kappa shape index (κ2) is 4.48. The number of aryl methyl sites for hydroxylation is 1. The summed E-state index contributed by atoms with van der Waals surface area (Å²) in [6.45, 7) is 8.82. The number of fused-ring (bicyclic) bond motifs is 1. The first-order valence-electron chi connectivity index (χ1n) is 6.90. The molecule has 102 valence electrons. The van der Waals surface area contributed by atoms with Gasteiger partial charge in [-0.15, -0.1) is 0 Å². The third kappa shape index (κ3) is 2.34. The molecule has 0 atom stereocenters. The lowest BCUT2D eigenvalue weighted by Crippen LogP contribution is -2.11. The summed E-state index contributed by atoms with van der Waals surface area (Å²) in [5.41, 5.74) is 5.52. The van der Waals surface area contributed by atoms with E-state index in [0.717, 1.165) is 16.6 Å². The Kier molecular flexibility index (Phi) is 2.89. The topological polar surface area (TPSA) is 26.0 Å². The van der Waals surface area contributed by atoms with Crippen LogP contribution in [0, 0.1) is 6.92 Å². The van der Waals surface area contributed by atoms with Crippen LogP contribution in [0.4, 0.5) is 0 Å². The van der Waals surface area contributed by atoms with Crippen LogP contribution in [0.15, 0.2) is 47.1 Å². The summed E-state index contributed by atoms with van der Waals surface area (Å²) in [7, 11) is 0. The van der Waals surface area contributed by atoms with Crippen molar-refractivity contribution in [2.24, 2.45) is 0 Å². The third-order valence-corrected chi connectivity index (χ3v) is 3.56. The molecule has 0 bridgehead atoms. The van der Waals surface area contributed by atoms with E-state index in [1.54, 1.807) is 6.26 Å². The van der Waals surface area contributed by atoms with Gasteiger partial charge in [-0.2, -0.15) is 0 Å². The largest absolute Gasteiger partial charge is 0.446 e.